The van der Waals surface area contributed by atoms with Gasteiger partial charge in [-0.3, -0.25) is 0 Å². The van der Waals surface area contributed by atoms with Gasteiger partial charge in [-0.15, -0.1) is 0 Å². The van der Waals surface area contributed by atoms with E-state index in [1.165, 1.54) is 11.3 Å². The molecule has 0 amide bonds. The lowest BCUT2D eigenvalue weighted by Gasteiger charge is -2.09. The standard InChI is InChI=1S/C15H16N2O2S/c1-18-10-6-9(7-11(8-10)19-2)14-16-13-5-3-4-12(13)15(20)17-14/h6-8H,3-5H2,1-2H3,(H,16,17,20). The lowest BCUT2D eigenvalue weighted by Crippen LogP contribution is -1.98. The van der Waals surface area contributed by atoms with Gasteiger partial charge in [0.15, 0.2) is 0 Å². The molecule has 0 spiro atoms. The fraction of sp³-hybridized carbons (Fsp3) is 0.333. The van der Waals surface area contributed by atoms with Crippen LogP contribution in [0.4, 0.5) is 0 Å². The molecule has 0 unspecified atom stereocenters. The van der Waals surface area contributed by atoms with Crippen LogP contribution in [0.2, 0.25) is 0 Å². The minimum Gasteiger partial charge on any atom is -0.497 e. The summed E-state index contributed by atoms with van der Waals surface area (Å²) < 4.78 is 11.3. The highest BCUT2D eigenvalue weighted by Crippen LogP contribution is 2.29. The third-order valence-electron chi connectivity index (χ3n) is 3.58. The van der Waals surface area contributed by atoms with Crippen LogP contribution in [-0.2, 0) is 12.8 Å². The average Bonchev–Trinajstić information content (AvgIpc) is 2.95. The number of ether oxygens (including phenoxy) is 2. The Labute approximate surface area is 122 Å². The number of methoxy groups -OCH3 is 2. The fourth-order valence-corrected chi connectivity index (χ4v) is 2.85. The van der Waals surface area contributed by atoms with Crippen molar-refractivity contribution in [3.8, 4) is 22.9 Å². The second-order valence-electron chi connectivity index (χ2n) is 4.80. The molecule has 4 nitrogen and oxygen atoms in total. The van der Waals surface area contributed by atoms with Crippen LogP contribution >= 0.6 is 12.2 Å². The lowest BCUT2D eigenvalue weighted by molar-refractivity contribution is 0.394. The van der Waals surface area contributed by atoms with E-state index in [0.717, 1.165) is 42.1 Å². The zero-order chi connectivity index (χ0) is 14.1. The van der Waals surface area contributed by atoms with Crippen molar-refractivity contribution in [1.29, 1.82) is 0 Å². The Bertz CT molecular complexity index is 687. The highest BCUT2D eigenvalue weighted by Gasteiger charge is 2.16. The van der Waals surface area contributed by atoms with Crippen molar-refractivity contribution >= 4 is 12.2 Å². The summed E-state index contributed by atoms with van der Waals surface area (Å²) >= 11 is 5.40. The molecule has 5 heteroatoms. The number of aryl methyl sites for hydroxylation is 1. The zero-order valence-electron chi connectivity index (χ0n) is 11.5. The minimum atomic E-state index is 0.702. The van der Waals surface area contributed by atoms with Crippen molar-refractivity contribution in [2.75, 3.05) is 14.2 Å². The number of fused-ring (bicyclic) bond motifs is 1. The molecule has 104 valence electrons. The van der Waals surface area contributed by atoms with E-state index in [1.54, 1.807) is 14.2 Å². The van der Waals surface area contributed by atoms with Gasteiger partial charge in [-0.1, -0.05) is 12.2 Å². The third-order valence-corrected chi connectivity index (χ3v) is 3.92. The molecule has 1 heterocycles. The van der Waals surface area contributed by atoms with Crippen molar-refractivity contribution in [3.05, 3.63) is 34.1 Å². The molecule has 1 aliphatic rings. The maximum Gasteiger partial charge on any atom is 0.139 e. The predicted octanol–water partition coefficient (Wildman–Crippen LogP) is 3.31. The fourth-order valence-electron chi connectivity index (χ4n) is 2.54. The number of aromatic nitrogens is 2. The van der Waals surface area contributed by atoms with Gasteiger partial charge >= 0.3 is 0 Å². The van der Waals surface area contributed by atoms with Crippen molar-refractivity contribution in [1.82, 2.24) is 9.97 Å². The first kappa shape index (κ1) is 13.1. The van der Waals surface area contributed by atoms with Crippen molar-refractivity contribution in [3.63, 3.8) is 0 Å². The largest absolute Gasteiger partial charge is 0.497 e. The zero-order valence-corrected chi connectivity index (χ0v) is 12.3. The van der Waals surface area contributed by atoms with Gasteiger partial charge in [0.2, 0.25) is 0 Å². The minimum absolute atomic E-state index is 0.702. The quantitative estimate of drug-likeness (QED) is 0.880. The molecule has 0 saturated carbocycles. The van der Waals surface area contributed by atoms with Gasteiger partial charge in [0.05, 0.1) is 14.2 Å². The van der Waals surface area contributed by atoms with Gasteiger partial charge in [-0.2, -0.15) is 0 Å². The lowest BCUT2D eigenvalue weighted by atomic mass is 10.1. The SMILES string of the molecule is COc1cc(OC)cc(-c2nc(=S)c3c([nH]2)CCC3)c1. The van der Waals surface area contributed by atoms with Crippen molar-refractivity contribution in [2.24, 2.45) is 0 Å². The number of H-pyrrole nitrogens is 1. The van der Waals surface area contributed by atoms with E-state index in [2.05, 4.69) is 9.97 Å². The maximum atomic E-state index is 5.40. The second kappa shape index (κ2) is 5.25. The summed E-state index contributed by atoms with van der Waals surface area (Å²) in [6.07, 6.45) is 3.21. The first-order chi connectivity index (χ1) is 9.71. The summed E-state index contributed by atoms with van der Waals surface area (Å²) in [5.41, 5.74) is 3.32. The topological polar surface area (TPSA) is 47.1 Å². The van der Waals surface area contributed by atoms with E-state index >= 15 is 0 Å². The Kier molecular flexibility index (Phi) is 3.44. The monoisotopic (exact) mass is 288 g/mol. The van der Waals surface area contributed by atoms with Gasteiger partial charge in [-0.25, -0.2) is 4.98 Å². The van der Waals surface area contributed by atoms with Gasteiger partial charge in [0, 0.05) is 22.9 Å². The van der Waals surface area contributed by atoms with Crippen LogP contribution in [0.25, 0.3) is 11.4 Å². The Balaban J connectivity index is 2.13. The van der Waals surface area contributed by atoms with E-state index in [4.69, 9.17) is 21.7 Å². The Morgan fingerprint density at radius 2 is 1.80 bits per heavy atom. The Morgan fingerprint density at radius 3 is 2.45 bits per heavy atom. The van der Waals surface area contributed by atoms with Crippen molar-refractivity contribution in [2.45, 2.75) is 19.3 Å². The van der Waals surface area contributed by atoms with E-state index in [-0.39, 0.29) is 0 Å². The smallest absolute Gasteiger partial charge is 0.139 e. The van der Waals surface area contributed by atoms with E-state index in [1.807, 2.05) is 18.2 Å². The van der Waals surface area contributed by atoms with Crippen LogP contribution in [0.5, 0.6) is 11.5 Å². The van der Waals surface area contributed by atoms with Gasteiger partial charge in [-0.05, 0) is 31.4 Å². The number of aromatic amines is 1. The molecule has 0 fully saturated rings. The summed E-state index contributed by atoms with van der Waals surface area (Å²) in [6, 6.07) is 5.69. The van der Waals surface area contributed by atoms with Crippen LogP contribution in [-0.4, -0.2) is 24.2 Å². The first-order valence-electron chi connectivity index (χ1n) is 6.57. The molecule has 3 rings (SSSR count). The maximum absolute atomic E-state index is 5.40. The van der Waals surface area contributed by atoms with Gasteiger partial charge in [0.1, 0.15) is 22.0 Å². The number of hydrogen-bond donors (Lipinski definition) is 1. The third kappa shape index (κ3) is 2.29. The first-order valence-corrected chi connectivity index (χ1v) is 6.97. The summed E-state index contributed by atoms with van der Waals surface area (Å²) in [7, 11) is 3.27. The van der Waals surface area contributed by atoms with Crippen LogP contribution in [0.15, 0.2) is 18.2 Å². The van der Waals surface area contributed by atoms with Crippen molar-refractivity contribution < 1.29 is 9.47 Å². The number of hydrogen-bond acceptors (Lipinski definition) is 4. The number of nitrogens with zero attached hydrogens (tertiary/aromatic N) is 1. The molecule has 1 N–H and O–H groups in total. The van der Waals surface area contributed by atoms with Gasteiger partial charge < -0.3 is 14.5 Å². The molecule has 0 bridgehead atoms. The van der Waals surface area contributed by atoms with Crippen LogP contribution in [0.3, 0.4) is 0 Å². The molecule has 20 heavy (non-hydrogen) atoms. The van der Waals surface area contributed by atoms with Crippen LogP contribution in [0, 0.1) is 4.64 Å². The Morgan fingerprint density at radius 1 is 1.10 bits per heavy atom. The van der Waals surface area contributed by atoms with E-state index in [9.17, 15) is 0 Å². The highest BCUT2D eigenvalue weighted by molar-refractivity contribution is 7.71. The molecular formula is C15H16N2O2S. The second-order valence-corrected chi connectivity index (χ2v) is 5.19. The van der Waals surface area contributed by atoms with Gasteiger partial charge in [0.25, 0.3) is 0 Å². The molecule has 0 atom stereocenters. The molecule has 1 aromatic carbocycles. The molecule has 0 saturated heterocycles. The van der Waals surface area contributed by atoms with E-state index in [0.29, 0.717) is 4.64 Å². The summed E-state index contributed by atoms with van der Waals surface area (Å²) in [5.74, 6) is 2.25. The molecule has 1 aliphatic carbocycles. The Hall–Kier alpha value is -1.88. The molecule has 2 aromatic rings. The summed E-state index contributed by atoms with van der Waals surface area (Å²) in [6.45, 7) is 0. The summed E-state index contributed by atoms with van der Waals surface area (Å²) in [5, 5.41) is 0. The number of nitrogens with one attached hydrogen (secondary N) is 1. The summed E-state index contributed by atoms with van der Waals surface area (Å²) in [4.78, 5) is 7.91. The molecule has 1 aromatic heterocycles. The molecular weight excluding hydrogens is 272 g/mol. The van der Waals surface area contributed by atoms with E-state index < -0.39 is 0 Å². The molecule has 0 aliphatic heterocycles. The number of benzene rings is 1. The highest BCUT2D eigenvalue weighted by atomic mass is 32.1. The van der Waals surface area contributed by atoms with Crippen LogP contribution < -0.4 is 9.47 Å². The number of rotatable bonds is 3. The predicted molar refractivity (Wildman–Crippen MR) is 80.0 cm³/mol. The molecule has 0 radical (unpaired) electrons. The normalized spacial score (nSPS) is 13.1. The average molecular weight is 288 g/mol. The van der Waals surface area contributed by atoms with Crippen LogP contribution in [0.1, 0.15) is 17.7 Å².